The number of aliphatic hydroxyl groups excluding tert-OH is 2. The zero-order valence-electron chi connectivity index (χ0n) is 18.7. The van der Waals surface area contributed by atoms with Gasteiger partial charge in [0.15, 0.2) is 0 Å². The lowest BCUT2D eigenvalue weighted by atomic mass is 9.85. The van der Waals surface area contributed by atoms with Gasteiger partial charge in [-0.15, -0.1) is 0 Å². The van der Waals surface area contributed by atoms with Crippen molar-refractivity contribution in [2.24, 2.45) is 0 Å². The Morgan fingerprint density at radius 3 is 1.67 bits per heavy atom. The number of rotatable bonds is 8. The number of ether oxygens (including phenoxy) is 2. The topological polar surface area (TPSA) is 58.9 Å². The van der Waals surface area contributed by atoms with E-state index in [-0.39, 0.29) is 18.6 Å². The van der Waals surface area contributed by atoms with Gasteiger partial charge in [0, 0.05) is 21.5 Å². The molecule has 2 N–H and O–H groups in total. The van der Waals surface area contributed by atoms with Crippen LogP contribution < -0.4 is 9.47 Å². The fourth-order valence-electron chi connectivity index (χ4n) is 3.47. The molecule has 0 heterocycles. The van der Waals surface area contributed by atoms with E-state index in [0.29, 0.717) is 12.8 Å². The maximum atomic E-state index is 10.1. The van der Waals surface area contributed by atoms with E-state index in [1.165, 1.54) is 5.56 Å². The molecular weight excluding hydrogens is 376 g/mol. The van der Waals surface area contributed by atoms with Gasteiger partial charge in [0.2, 0.25) is 0 Å². The molecule has 2 atom stereocenters. The number of benzene rings is 3. The summed E-state index contributed by atoms with van der Waals surface area (Å²) in [6.45, 7) is 10.9. The van der Waals surface area contributed by atoms with Crippen molar-refractivity contribution in [3.8, 4) is 11.5 Å². The molecule has 0 fully saturated rings. The van der Waals surface area contributed by atoms with Crippen LogP contribution in [0.2, 0.25) is 0 Å². The molecular formula is C26H34O4. The van der Waals surface area contributed by atoms with Gasteiger partial charge in [-0.1, -0.05) is 71.0 Å². The Balaban J connectivity index is 2.26. The van der Waals surface area contributed by atoms with E-state index in [0.717, 1.165) is 33.0 Å². The second kappa shape index (κ2) is 9.23. The largest absolute Gasteiger partial charge is 0.490 e. The van der Waals surface area contributed by atoms with Gasteiger partial charge in [0.05, 0.1) is 12.2 Å². The highest BCUT2D eigenvalue weighted by molar-refractivity contribution is 6.11. The van der Waals surface area contributed by atoms with Crippen LogP contribution in [0.25, 0.3) is 21.5 Å². The molecule has 3 aromatic carbocycles. The summed E-state index contributed by atoms with van der Waals surface area (Å²) < 4.78 is 12.4. The molecule has 2 unspecified atom stereocenters. The van der Waals surface area contributed by atoms with Crippen molar-refractivity contribution in [2.75, 3.05) is 13.2 Å². The molecule has 0 spiro atoms. The van der Waals surface area contributed by atoms with Gasteiger partial charge in [-0.2, -0.15) is 0 Å². The Kier molecular flexibility index (Phi) is 6.89. The first kappa shape index (κ1) is 22.4. The molecule has 4 heteroatoms. The predicted octanol–water partition coefficient (Wildman–Crippen LogP) is 5.59. The van der Waals surface area contributed by atoms with E-state index in [2.05, 4.69) is 39.0 Å². The highest BCUT2D eigenvalue weighted by atomic mass is 16.5. The van der Waals surface area contributed by atoms with Gasteiger partial charge in [-0.05, 0) is 29.9 Å². The van der Waals surface area contributed by atoms with Crippen molar-refractivity contribution >= 4 is 21.5 Å². The SMILES string of the molecule is CCC(O)COc1c2ccccc2c(OCC(O)CC)c2cc(C(C)(C)C)ccc12. The quantitative estimate of drug-likeness (QED) is 0.475. The first-order valence-electron chi connectivity index (χ1n) is 10.9. The van der Waals surface area contributed by atoms with E-state index in [1.54, 1.807) is 0 Å². The van der Waals surface area contributed by atoms with Gasteiger partial charge in [0.1, 0.15) is 24.7 Å². The van der Waals surface area contributed by atoms with Crippen molar-refractivity contribution in [1.82, 2.24) is 0 Å². The van der Waals surface area contributed by atoms with E-state index < -0.39 is 12.2 Å². The maximum Gasteiger partial charge on any atom is 0.135 e. The Bertz CT molecular complexity index is 1000. The van der Waals surface area contributed by atoms with E-state index in [9.17, 15) is 10.2 Å². The van der Waals surface area contributed by atoms with Crippen LogP contribution in [0.15, 0.2) is 42.5 Å². The van der Waals surface area contributed by atoms with Gasteiger partial charge in [-0.25, -0.2) is 0 Å². The molecule has 4 nitrogen and oxygen atoms in total. The lowest BCUT2D eigenvalue weighted by Gasteiger charge is -2.23. The van der Waals surface area contributed by atoms with Crippen LogP contribution in [-0.4, -0.2) is 35.6 Å². The summed E-state index contributed by atoms with van der Waals surface area (Å²) in [7, 11) is 0. The van der Waals surface area contributed by atoms with Crippen LogP contribution in [0.4, 0.5) is 0 Å². The van der Waals surface area contributed by atoms with Crippen molar-refractivity contribution in [2.45, 2.75) is 65.1 Å². The molecule has 162 valence electrons. The first-order valence-corrected chi connectivity index (χ1v) is 10.9. The fourth-order valence-corrected chi connectivity index (χ4v) is 3.47. The summed E-state index contributed by atoms with van der Waals surface area (Å²) >= 11 is 0. The minimum Gasteiger partial charge on any atom is -0.490 e. The third kappa shape index (κ3) is 4.71. The molecule has 3 aromatic rings. The minimum atomic E-state index is -0.514. The zero-order valence-corrected chi connectivity index (χ0v) is 18.7. The molecule has 0 amide bonds. The van der Waals surface area contributed by atoms with Crippen LogP contribution in [0.1, 0.15) is 53.0 Å². The van der Waals surface area contributed by atoms with Crippen LogP contribution in [0, 0.1) is 0 Å². The van der Waals surface area contributed by atoms with Gasteiger partial charge in [0.25, 0.3) is 0 Å². The van der Waals surface area contributed by atoms with Crippen LogP contribution in [0.5, 0.6) is 11.5 Å². The smallest absolute Gasteiger partial charge is 0.135 e. The molecule has 0 bridgehead atoms. The third-order valence-corrected chi connectivity index (χ3v) is 5.57. The lowest BCUT2D eigenvalue weighted by molar-refractivity contribution is 0.105. The normalized spacial score (nSPS) is 14.1. The average Bonchev–Trinajstić information content (AvgIpc) is 2.74. The van der Waals surface area contributed by atoms with Crippen molar-refractivity contribution in [1.29, 1.82) is 0 Å². The monoisotopic (exact) mass is 410 g/mol. The van der Waals surface area contributed by atoms with Crippen LogP contribution in [-0.2, 0) is 5.41 Å². The molecule has 0 aromatic heterocycles. The molecule has 3 rings (SSSR count). The Hall–Kier alpha value is -2.30. The Morgan fingerprint density at radius 2 is 1.20 bits per heavy atom. The van der Waals surface area contributed by atoms with E-state index in [4.69, 9.17) is 9.47 Å². The van der Waals surface area contributed by atoms with Crippen molar-refractivity contribution in [3.63, 3.8) is 0 Å². The highest BCUT2D eigenvalue weighted by Gasteiger charge is 2.21. The fraction of sp³-hybridized carbons (Fsp3) is 0.462. The summed E-state index contributed by atoms with van der Waals surface area (Å²) in [6.07, 6.45) is 0.253. The molecule has 0 saturated carbocycles. The second-order valence-electron chi connectivity index (χ2n) is 8.96. The van der Waals surface area contributed by atoms with E-state index >= 15 is 0 Å². The molecule has 30 heavy (non-hydrogen) atoms. The molecule has 0 aliphatic rings. The lowest BCUT2D eigenvalue weighted by Crippen LogP contribution is -2.17. The standard InChI is InChI=1S/C26H34O4/c1-6-18(27)15-29-24-20-10-8-9-11-21(20)25(30-16-19(28)7-2)23-14-17(26(3,4)5)12-13-22(23)24/h8-14,18-19,27-28H,6-7,15-16H2,1-5H3. The minimum absolute atomic E-state index is 0.0144. The summed E-state index contributed by atoms with van der Waals surface area (Å²) in [5.41, 5.74) is 1.19. The van der Waals surface area contributed by atoms with Gasteiger partial charge in [-0.3, -0.25) is 0 Å². The summed E-state index contributed by atoms with van der Waals surface area (Å²) in [6, 6.07) is 14.4. The van der Waals surface area contributed by atoms with Crippen molar-refractivity contribution in [3.05, 3.63) is 48.0 Å². The first-order chi connectivity index (χ1) is 14.3. The number of hydrogen-bond acceptors (Lipinski definition) is 4. The second-order valence-corrected chi connectivity index (χ2v) is 8.96. The van der Waals surface area contributed by atoms with Gasteiger partial charge < -0.3 is 19.7 Å². The summed E-state index contributed by atoms with van der Waals surface area (Å²) in [5, 5.41) is 24.0. The maximum absolute atomic E-state index is 10.1. The molecule has 0 aliphatic carbocycles. The predicted molar refractivity (Wildman–Crippen MR) is 124 cm³/mol. The number of hydrogen-bond donors (Lipinski definition) is 2. The molecule has 0 saturated heterocycles. The molecule has 0 radical (unpaired) electrons. The average molecular weight is 411 g/mol. The number of aliphatic hydroxyl groups is 2. The summed E-state index contributed by atoms with van der Waals surface area (Å²) in [5.74, 6) is 1.53. The van der Waals surface area contributed by atoms with Crippen LogP contribution >= 0.6 is 0 Å². The summed E-state index contributed by atoms with van der Waals surface area (Å²) in [4.78, 5) is 0. The van der Waals surface area contributed by atoms with Gasteiger partial charge >= 0.3 is 0 Å². The molecule has 0 aliphatic heterocycles. The number of fused-ring (bicyclic) bond motifs is 2. The van der Waals surface area contributed by atoms with E-state index in [1.807, 2.05) is 38.1 Å². The Labute approximate surface area is 179 Å². The highest BCUT2D eigenvalue weighted by Crippen LogP contribution is 2.44. The van der Waals surface area contributed by atoms with Crippen LogP contribution in [0.3, 0.4) is 0 Å². The zero-order chi connectivity index (χ0) is 21.9. The van der Waals surface area contributed by atoms with Crippen molar-refractivity contribution < 1.29 is 19.7 Å². The third-order valence-electron chi connectivity index (χ3n) is 5.57. The Morgan fingerprint density at radius 1 is 0.733 bits per heavy atom.